The number of fused-ring (bicyclic) bond motifs is 1. The van der Waals surface area contributed by atoms with Crippen LogP contribution in [0.3, 0.4) is 0 Å². The standard InChI is InChI=1S/C14H19N3O.HI/c1-9-8-12(9)17-14(15)16-11-6-7-18-13-5-3-2-4-10(11)13;/h2-5,9,11-12H,6-8H2,1H3,(H3,15,16,17);1H. The zero-order chi connectivity index (χ0) is 12.5. The van der Waals surface area contributed by atoms with Gasteiger partial charge in [-0.3, -0.25) is 0 Å². The molecule has 0 radical (unpaired) electrons. The minimum Gasteiger partial charge on any atom is -0.493 e. The average Bonchev–Trinajstić information content (AvgIpc) is 3.05. The van der Waals surface area contributed by atoms with Crippen LogP contribution < -0.4 is 15.8 Å². The van der Waals surface area contributed by atoms with Gasteiger partial charge in [-0.25, -0.2) is 4.99 Å². The van der Waals surface area contributed by atoms with Gasteiger partial charge in [0.25, 0.3) is 0 Å². The smallest absolute Gasteiger partial charge is 0.189 e. The first kappa shape index (κ1) is 14.4. The van der Waals surface area contributed by atoms with Crippen LogP contribution in [-0.2, 0) is 0 Å². The van der Waals surface area contributed by atoms with Crippen molar-refractivity contribution in [1.29, 1.82) is 0 Å². The summed E-state index contributed by atoms with van der Waals surface area (Å²) in [5.41, 5.74) is 7.10. The largest absolute Gasteiger partial charge is 0.493 e. The second kappa shape index (κ2) is 5.98. The zero-order valence-electron chi connectivity index (χ0n) is 11.0. The van der Waals surface area contributed by atoms with Crippen LogP contribution in [0.4, 0.5) is 0 Å². The van der Waals surface area contributed by atoms with Crippen molar-refractivity contribution in [1.82, 2.24) is 5.32 Å². The molecular formula is C14H20IN3O. The summed E-state index contributed by atoms with van der Waals surface area (Å²) in [5.74, 6) is 2.22. The van der Waals surface area contributed by atoms with Crippen LogP contribution in [0.1, 0.15) is 31.4 Å². The molecular weight excluding hydrogens is 353 g/mol. The van der Waals surface area contributed by atoms with E-state index in [-0.39, 0.29) is 30.0 Å². The van der Waals surface area contributed by atoms with E-state index in [1.54, 1.807) is 0 Å². The highest BCUT2D eigenvalue weighted by Crippen LogP contribution is 2.34. The molecule has 1 fully saturated rings. The van der Waals surface area contributed by atoms with E-state index in [0.717, 1.165) is 23.7 Å². The molecule has 0 spiro atoms. The Hall–Kier alpha value is -0.980. The molecule has 0 amide bonds. The van der Waals surface area contributed by atoms with E-state index in [0.29, 0.717) is 18.6 Å². The Bertz CT molecular complexity index is 478. The lowest BCUT2D eigenvalue weighted by Crippen LogP contribution is -2.34. The number of nitrogens with two attached hydrogens (primary N) is 1. The van der Waals surface area contributed by atoms with Crippen LogP contribution in [0.2, 0.25) is 0 Å². The Morgan fingerprint density at radius 2 is 2.16 bits per heavy atom. The monoisotopic (exact) mass is 373 g/mol. The quantitative estimate of drug-likeness (QED) is 0.476. The van der Waals surface area contributed by atoms with Crippen molar-refractivity contribution < 1.29 is 4.74 Å². The normalized spacial score (nSPS) is 28.7. The van der Waals surface area contributed by atoms with Crippen molar-refractivity contribution in [3.05, 3.63) is 29.8 Å². The highest BCUT2D eigenvalue weighted by molar-refractivity contribution is 14.0. The summed E-state index contributed by atoms with van der Waals surface area (Å²) in [4.78, 5) is 4.60. The van der Waals surface area contributed by atoms with Crippen LogP contribution in [0.5, 0.6) is 5.75 Å². The molecule has 1 heterocycles. The predicted octanol–water partition coefficient (Wildman–Crippen LogP) is 2.44. The van der Waals surface area contributed by atoms with E-state index in [1.807, 2.05) is 18.2 Å². The lowest BCUT2D eigenvalue weighted by molar-refractivity contribution is 0.269. The number of para-hydroxylation sites is 1. The van der Waals surface area contributed by atoms with Crippen molar-refractivity contribution in [2.75, 3.05) is 6.61 Å². The Morgan fingerprint density at radius 3 is 2.89 bits per heavy atom. The summed E-state index contributed by atoms with van der Waals surface area (Å²) in [6, 6.07) is 8.70. The lowest BCUT2D eigenvalue weighted by atomic mass is 10.0. The average molecular weight is 373 g/mol. The number of halogens is 1. The highest BCUT2D eigenvalue weighted by Gasteiger charge is 2.33. The summed E-state index contributed by atoms with van der Waals surface area (Å²) in [5, 5.41) is 3.27. The summed E-state index contributed by atoms with van der Waals surface area (Å²) >= 11 is 0. The lowest BCUT2D eigenvalue weighted by Gasteiger charge is -2.23. The van der Waals surface area contributed by atoms with E-state index in [2.05, 4.69) is 23.3 Å². The van der Waals surface area contributed by atoms with E-state index >= 15 is 0 Å². The van der Waals surface area contributed by atoms with Gasteiger partial charge in [-0.2, -0.15) is 0 Å². The maximum absolute atomic E-state index is 5.96. The van der Waals surface area contributed by atoms with Crippen molar-refractivity contribution >= 4 is 29.9 Å². The zero-order valence-corrected chi connectivity index (χ0v) is 13.3. The number of rotatable bonds is 2. The van der Waals surface area contributed by atoms with Crippen LogP contribution in [0.25, 0.3) is 0 Å². The number of guanidine groups is 1. The number of benzene rings is 1. The molecule has 0 bridgehead atoms. The summed E-state index contributed by atoms with van der Waals surface area (Å²) in [6.07, 6.45) is 2.08. The molecule has 0 aromatic heterocycles. The van der Waals surface area contributed by atoms with E-state index in [9.17, 15) is 0 Å². The Labute approximate surface area is 130 Å². The second-order valence-corrected chi connectivity index (χ2v) is 5.17. The molecule has 4 nitrogen and oxygen atoms in total. The first-order chi connectivity index (χ1) is 8.74. The van der Waals surface area contributed by atoms with Gasteiger partial charge in [-0.1, -0.05) is 25.1 Å². The molecule has 1 aliphatic carbocycles. The fourth-order valence-corrected chi connectivity index (χ4v) is 2.38. The van der Waals surface area contributed by atoms with Gasteiger partial charge in [0.15, 0.2) is 5.96 Å². The molecule has 104 valence electrons. The maximum Gasteiger partial charge on any atom is 0.189 e. The highest BCUT2D eigenvalue weighted by atomic mass is 127. The number of ether oxygens (including phenoxy) is 1. The molecule has 2 aliphatic rings. The second-order valence-electron chi connectivity index (χ2n) is 5.17. The number of nitrogens with zero attached hydrogens (tertiary/aromatic N) is 1. The Morgan fingerprint density at radius 1 is 1.42 bits per heavy atom. The third kappa shape index (κ3) is 3.32. The summed E-state index contributed by atoms with van der Waals surface area (Å²) in [7, 11) is 0. The molecule has 3 unspecified atom stereocenters. The van der Waals surface area contributed by atoms with Gasteiger partial charge in [0.05, 0.1) is 12.6 Å². The molecule has 0 saturated heterocycles. The molecule has 19 heavy (non-hydrogen) atoms. The molecule has 1 saturated carbocycles. The number of nitrogens with one attached hydrogen (secondary N) is 1. The summed E-state index contributed by atoms with van der Waals surface area (Å²) in [6.45, 7) is 2.92. The van der Waals surface area contributed by atoms with Crippen molar-refractivity contribution in [2.45, 2.75) is 31.8 Å². The predicted molar refractivity (Wildman–Crippen MR) is 87.0 cm³/mol. The molecule has 3 N–H and O–H groups in total. The first-order valence-electron chi connectivity index (χ1n) is 6.55. The van der Waals surface area contributed by atoms with Crippen molar-refractivity contribution in [3.8, 4) is 5.75 Å². The van der Waals surface area contributed by atoms with Gasteiger partial charge < -0.3 is 15.8 Å². The molecule has 1 aromatic carbocycles. The van der Waals surface area contributed by atoms with E-state index < -0.39 is 0 Å². The minimum absolute atomic E-state index is 0. The van der Waals surface area contributed by atoms with Gasteiger partial charge in [-0.15, -0.1) is 24.0 Å². The van der Waals surface area contributed by atoms with Crippen molar-refractivity contribution in [3.63, 3.8) is 0 Å². The number of hydrogen-bond donors (Lipinski definition) is 2. The molecule has 3 rings (SSSR count). The fourth-order valence-electron chi connectivity index (χ4n) is 2.38. The van der Waals surface area contributed by atoms with Gasteiger partial charge in [0.1, 0.15) is 5.75 Å². The topological polar surface area (TPSA) is 59.6 Å². The molecule has 3 atom stereocenters. The van der Waals surface area contributed by atoms with Gasteiger partial charge in [0, 0.05) is 18.0 Å². The Kier molecular flexibility index (Phi) is 4.54. The van der Waals surface area contributed by atoms with Gasteiger partial charge >= 0.3 is 0 Å². The number of aliphatic imine (C=N–C) groups is 1. The molecule has 1 aromatic rings. The molecule has 5 heteroatoms. The van der Waals surface area contributed by atoms with Crippen LogP contribution in [0.15, 0.2) is 29.3 Å². The fraction of sp³-hybridized carbons (Fsp3) is 0.500. The SMILES string of the molecule is CC1CC1NC(N)=NC1CCOc2ccccc21.I. The molecule has 1 aliphatic heterocycles. The van der Waals surface area contributed by atoms with Crippen LogP contribution >= 0.6 is 24.0 Å². The Balaban J connectivity index is 0.00000133. The third-order valence-corrected chi connectivity index (χ3v) is 3.66. The van der Waals surface area contributed by atoms with E-state index in [4.69, 9.17) is 10.5 Å². The van der Waals surface area contributed by atoms with E-state index in [1.165, 1.54) is 6.42 Å². The van der Waals surface area contributed by atoms with Gasteiger partial charge in [0.2, 0.25) is 0 Å². The maximum atomic E-state index is 5.96. The summed E-state index contributed by atoms with van der Waals surface area (Å²) < 4.78 is 5.62. The van der Waals surface area contributed by atoms with Crippen LogP contribution in [0, 0.1) is 5.92 Å². The number of hydrogen-bond acceptors (Lipinski definition) is 2. The van der Waals surface area contributed by atoms with Gasteiger partial charge in [-0.05, 0) is 18.4 Å². The third-order valence-electron chi connectivity index (χ3n) is 3.66. The minimum atomic E-state index is 0. The van der Waals surface area contributed by atoms with Crippen LogP contribution in [-0.4, -0.2) is 18.6 Å². The first-order valence-corrected chi connectivity index (χ1v) is 6.55. The van der Waals surface area contributed by atoms with Crippen molar-refractivity contribution in [2.24, 2.45) is 16.6 Å².